The van der Waals surface area contributed by atoms with E-state index in [4.69, 9.17) is 11.6 Å². The number of anilines is 1. The second-order valence-electron chi connectivity index (χ2n) is 4.37. The van der Waals surface area contributed by atoms with E-state index in [1.807, 2.05) is 17.5 Å². The lowest BCUT2D eigenvalue weighted by atomic mass is 10.3. The molecule has 0 atom stereocenters. The second kappa shape index (κ2) is 6.43. The Kier molecular flexibility index (Phi) is 4.49. The van der Waals surface area contributed by atoms with Crippen molar-refractivity contribution in [1.82, 2.24) is 10.2 Å². The maximum absolute atomic E-state index is 12.3. The first kappa shape index (κ1) is 16.8. The monoisotopic (exact) mass is 402 g/mol. The van der Waals surface area contributed by atoms with Crippen molar-refractivity contribution in [2.45, 2.75) is 4.90 Å². The average molecular weight is 403 g/mol. The van der Waals surface area contributed by atoms with Crippen molar-refractivity contribution < 1.29 is 13.3 Å². The zero-order chi connectivity index (χ0) is 17.3. The van der Waals surface area contributed by atoms with Crippen molar-refractivity contribution in [2.75, 3.05) is 4.72 Å². The van der Waals surface area contributed by atoms with Gasteiger partial charge >= 0.3 is 0 Å². The number of thiophene rings is 1. The van der Waals surface area contributed by atoms with Gasteiger partial charge in [-0.3, -0.25) is 14.8 Å². The molecule has 0 bridgehead atoms. The van der Waals surface area contributed by atoms with E-state index in [0.717, 1.165) is 28.3 Å². The minimum atomic E-state index is -4.04. The highest BCUT2D eigenvalue weighted by atomic mass is 35.5. The summed E-state index contributed by atoms with van der Waals surface area (Å²) < 4.78 is 27.0. The maximum Gasteiger partial charge on any atom is 0.289 e. The summed E-state index contributed by atoms with van der Waals surface area (Å²) in [6.45, 7) is 0. The Morgan fingerprint density at radius 2 is 2.04 bits per heavy atom. The molecule has 3 aromatic rings. The van der Waals surface area contributed by atoms with Gasteiger partial charge in [0, 0.05) is 6.07 Å². The molecule has 0 radical (unpaired) electrons. The quantitative estimate of drug-likeness (QED) is 0.514. The normalized spacial score (nSPS) is 11.4. The van der Waals surface area contributed by atoms with Crippen molar-refractivity contribution >= 4 is 55.1 Å². The van der Waals surface area contributed by atoms with E-state index in [1.165, 1.54) is 17.4 Å². The summed E-state index contributed by atoms with van der Waals surface area (Å²) in [5, 5.41) is 20.9. The van der Waals surface area contributed by atoms with Crippen LogP contribution < -0.4 is 4.72 Å². The molecule has 1 N–H and O–H groups in total. The summed E-state index contributed by atoms with van der Waals surface area (Å²) in [4.78, 5) is 10.7. The molecule has 2 aromatic heterocycles. The number of hydrogen-bond donors (Lipinski definition) is 1. The summed E-state index contributed by atoms with van der Waals surface area (Å²) in [5.41, 5.74) is -0.490. The number of nitro groups is 1. The zero-order valence-electron chi connectivity index (χ0n) is 11.5. The highest BCUT2D eigenvalue weighted by Crippen LogP contribution is 2.32. The van der Waals surface area contributed by atoms with Gasteiger partial charge in [-0.15, -0.1) is 21.5 Å². The van der Waals surface area contributed by atoms with Crippen molar-refractivity contribution in [1.29, 1.82) is 0 Å². The SMILES string of the molecule is O=[N+]([O-])c1cc(S(=O)(=O)Nc2nnc(-c3cccs3)s2)ccc1Cl. The van der Waals surface area contributed by atoms with E-state index >= 15 is 0 Å². The summed E-state index contributed by atoms with van der Waals surface area (Å²) in [5.74, 6) is 0. The lowest BCUT2D eigenvalue weighted by Crippen LogP contribution is -2.13. The second-order valence-corrected chi connectivity index (χ2v) is 8.38. The molecular formula is C12H7ClN4O4S3. The molecule has 8 nitrogen and oxygen atoms in total. The first-order valence-electron chi connectivity index (χ1n) is 6.21. The van der Waals surface area contributed by atoms with Gasteiger partial charge < -0.3 is 0 Å². The molecule has 0 amide bonds. The zero-order valence-corrected chi connectivity index (χ0v) is 14.7. The topological polar surface area (TPSA) is 115 Å². The fraction of sp³-hybridized carbons (Fsp3) is 0. The van der Waals surface area contributed by atoms with E-state index in [0.29, 0.717) is 5.01 Å². The lowest BCUT2D eigenvalue weighted by Gasteiger charge is -2.05. The van der Waals surface area contributed by atoms with Crippen molar-refractivity contribution in [3.63, 3.8) is 0 Å². The fourth-order valence-corrected chi connectivity index (χ4v) is 4.71. The van der Waals surface area contributed by atoms with Crippen molar-refractivity contribution in [3.05, 3.63) is 50.8 Å². The average Bonchev–Trinajstić information content (AvgIpc) is 3.17. The smallest absolute Gasteiger partial charge is 0.258 e. The third-order valence-corrected chi connectivity index (χ3v) is 6.47. The molecule has 0 spiro atoms. The van der Waals surface area contributed by atoms with Crippen molar-refractivity contribution in [3.8, 4) is 9.88 Å². The third kappa shape index (κ3) is 3.38. The van der Waals surface area contributed by atoms with Gasteiger partial charge in [0.05, 0.1) is 14.7 Å². The fourth-order valence-electron chi connectivity index (χ4n) is 1.74. The van der Waals surface area contributed by atoms with Gasteiger partial charge in [-0.1, -0.05) is 29.0 Å². The van der Waals surface area contributed by atoms with Gasteiger partial charge in [-0.25, -0.2) is 8.42 Å². The molecule has 0 saturated carbocycles. The van der Waals surface area contributed by atoms with E-state index in [-0.39, 0.29) is 15.0 Å². The number of rotatable bonds is 5. The van der Waals surface area contributed by atoms with Crippen LogP contribution in [0.25, 0.3) is 9.88 Å². The Hall–Kier alpha value is -2.08. The van der Waals surface area contributed by atoms with Crippen LogP contribution in [0.4, 0.5) is 10.8 Å². The molecule has 0 fully saturated rings. The van der Waals surface area contributed by atoms with Crippen LogP contribution in [0.5, 0.6) is 0 Å². The Morgan fingerprint density at radius 3 is 2.71 bits per heavy atom. The van der Waals surface area contributed by atoms with E-state index in [9.17, 15) is 18.5 Å². The maximum atomic E-state index is 12.3. The van der Waals surface area contributed by atoms with E-state index in [2.05, 4.69) is 14.9 Å². The van der Waals surface area contributed by atoms with Gasteiger partial charge in [0.2, 0.25) is 5.13 Å². The van der Waals surface area contributed by atoms with Gasteiger partial charge in [0.1, 0.15) is 5.02 Å². The minimum Gasteiger partial charge on any atom is -0.258 e. The molecule has 0 unspecified atom stereocenters. The number of nitrogens with zero attached hydrogens (tertiary/aromatic N) is 3. The first-order chi connectivity index (χ1) is 11.4. The predicted molar refractivity (Wildman–Crippen MR) is 92.1 cm³/mol. The first-order valence-corrected chi connectivity index (χ1v) is 9.77. The number of nitrogens with one attached hydrogen (secondary N) is 1. The van der Waals surface area contributed by atoms with Crippen LogP contribution in [-0.2, 0) is 10.0 Å². The Bertz CT molecular complexity index is 1000. The molecule has 3 rings (SSSR count). The van der Waals surface area contributed by atoms with E-state index < -0.39 is 20.6 Å². The van der Waals surface area contributed by atoms with Gasteiger partial charge in [0.25, 0.3) is 15.7 Å². The number of hydrogen-bond acceptors (Lipinski definition) is 8. The summed E-state index contributed by atoms with van der Waals surface area (Å²) in [6.07, 6.45) is 0. The molecule has 1 aromatic carbocycles. The minimum absolute atomic E-state index is 0.0657. The number of aromatic nitrogens is 2. The third-order valence-electron chi connectivity index (χ3n) is 2.80. The molecule has 124 valence electrons. The number of benzene rings is 1. The van der Waals surface area contributed by atoms with Crippen LogP contribution in [-0.4, -0.2) is 23.5 Å². The lowest BCUT2D eigenvalue weighted by molar-refractivity contribution is -0.384. The Balaban J connectivity index is 1.89. The molecule has 24 heavy (non-hydrogen) atoms. The highest BCUT2D eigenvalue weighted by Gasteiger charge is 2.22. The summed E-state index contributed by atoms with van der Waals surface area (Å²) in [6, 6.07) is 6.92. The summed E-state index contributed by atoms with van der Waals surface area (Å²) in [7, 11) is -4.04. The molecule has 0 aliphatic carbocycles. The Labute approximate surface area is 149 Å². The van der Waals surface area contributed by atoms with Crippen LogP contribution in [0.15, 0.2) is 40.6 Å². The van der Waals surface area contributed by atoms with Crippen LogP contribution in [0.1, 0.15) is 0 Å². The number of halogens is 1. The molecule has 2 heterocycles. The Morgan fingerprint density at radius 1 is 1.25 bits per heavy atom. The highest BCUT2D eigenvalue weighted by molar-refractivity contribution is 7.93. The van der Waals surface area contributed by atoms with Crippen LogP contribution in [0.3, 0.4) is 0 Å². The van der Waals surface area contributed by atoms with Crippen LogP contribution in [0, 0.1) is 10.1 Å². The van der Waals surface area contributed by atoms with Crippen LogP contribution in [0.2, 0.25) is 5.02 Å². The number of sulfonamides is 1. The predicted octanol–water partition coefficient (Wildman–Crippen LogP) is 3.63. The molecule has 0 saturated heterocycles. The van der Waals surface area contributed by atoms with Gasteiger partial charge in [-0.05, 0) is 23.6 Å². The summed E-state index contributed by atoms with van der Waals surface area (Å²) >= 11 is 8.20. The van der Waals surface area contributed by atoms with Crippen molar-refractivity contribution in [2.24, 2.45) is 0 Å². The number of nitro benzene ring substituents is 1. The van der Waals surface area contributed by atoms with Gasteiger partial charge in [0.15, 0.2) is 5.01 Å². The standard InChI is InChI=1S/C12H7ClN4O4S3/c13-8-4-3-7(6-9(8)17(18)19)24(20,21)16-12-15-14-11(23-12)10-2-1-5-22-10/h1-6H,(H,15,16). The van der Waals surface area contributed by atoms with E-state index in [1.54, 1.807) is 0 Å². The van der Waals surface area contributed by atoms with Gasteiger partial charge in [-0.2, -0.15) is 0 Å². The largest absolute Gasteiger partial charge is 0.289 e. The van der Waals surface area contributed by atoms with Crippen LogP contribution >= 0.6 is 34.3 Å². The molecule has 12 heteroatoms. The molecule has 0 aliphatic rings. The molecular weight excluding hydrogens is 396 g/mol. The molecule has 0 aliphatic heterocycles.